The maximum Gasteiger partial charge on any atom is 0.192 e. The summed E-state index contributed by atoms with van der Waals surface area (Å²) in [4.78, 5) is 8.20. The van der Waals surface area contributed by atoms with Gasteiger partial charge < -0.3 is 10.1 Å². The van der Waals surface area contributed by atoms with Crippen LogP contribution in [0, 0.1) is 5.82 Å². The summed E-state index contributed by atoms with van der Waals surface area (Å²) < 4.78 is 18.9. The number of ether oxygens (including phenoxy) is 1. The molecule has 0 radical (unpaired) electrons. The zero-order chi connectivity index (χ0) is 15.4. The quantitative estimate of drug-likeness (QED) is 0.653. The fraction of sp³-hybridized carbons (Fsp3) is 0.143. The lowest BCUT2D eigenvalue weighted by Gasteiger charge is -2.18. The number of hydrazone groups is 1. The molecule has 2 aromatic heterocycles. The Balaban J connectivity index is 1.72. The SMILES string of the molecule is Fc1ccnc2c1OCC/C2=N/NC(=S)Nc1ccccn1. The highest BCUT2D eigenvalue weighted by molar-refractivity contribution is 7.80. The van der Waals surface area contributed by atoms with Gasteiger partial charge in [0, 0.05) is 18.8 Å². The van der Waals surface area contributed by atoms with Crippen molar-refractivity contribution in [2.75, 3.05) is 11.9 Å². The van der Waals surface area contributed by atoms with Gasteiger partial charge in [-0.3, -0.25) is 10.4 Å². The molecule has 0 bridgehead atoms. The van der Waals surface area contributed by atoms with E-state index in [9.17, 15) is 4.39 Å². The molecule has 0 saturated heterocycles. The van der Waals surface area contributed by atoms with E-state index in [4.69, 9.17) is 17.0 Å². The normalized spacial score (nSPS) is 14.9. The van der Waals surface area contributed by atoms with Gasteiger partial charge in [0.2, 0.25) is 0 Å². The van der Waals surface area contributed by atoms with E-state index in [1.165, 1.54) is 12.3 Å². The summed E-state index contributed by atoms with van der Waals surface area (Å²) >= 11 is 5.13. The fourth-order valence-electron chi connectivity index (χ4n) is 1.94. The highest BCUT2D eigenvalue weighted by Crippen LogP contribution is 2.25. The third kappa shape index (κ3) is 3.17. The van der Waals surface area contributed by atoms with E-state index >= 15 is 0 Å². The van der Waals surface area contributed by atoms with Crippen molar-refractivity contribution in [3.8, 4) is 5.75 Å². The topological polar surface area (TPSA) is 71.4 Å². The van der Waals surface area contributed by atoms with E-state index in [0.717, 1.165) is 0 Å². The molecule has 0 atom stereocenters. The number of pyridine rings is 2. The Morgan fingerprint density at radius 2 is 2.18 bits per heavy atom. The summed E-state index contributed by atoms with van der Waals surface area (Å²) in [6.45, 7) is 0.344. The number of halogens is 1. The molecular weight excluding hydrogens is 305 g/mol. The lowest BCUT2D eigenvalue weighted by molar-refractivity contribution is 0.300. The average molecular weight is 317 g/mol. The van der Waals surface area contributed by atoms with E-state index in [0.29, 0.717) is 30.3 Å². The van der Waals surface area contributed by atoms with Gasteiger partial charge in [0.05, 0.1) is 12.3 Å². The van der Waals surface area contributed by atoms with Crippen molar-refractivity contribution in [3.05, 3.63) is 48.2 Å². The van der Waals surface area contributed by atoms with Gasteiger partial charge in [-0.2, -0.15) is 5.10 Å². The molecule has 2 aromatic rings. The minimum Gasteiger partial charge on any atom is -0.488 e. The second kappa shape index (κ2) is 6.44. The van der Waals surface area contributed by atoms with E-state index in [1.54, 1.807) is 18.3 Å². The van der Waals surface area contributed by atoms with Gasteiger partial charge in [-0.25, -0.2) is 9.37 Å². The smallest absolute Gasteiger partial charge is 0.192 e. The maximum absolute atomic E-state index is 13.6. The maximum atomic E-state index is 13.6. The Morgan fingerprint density at radius 3 is 3.00 bits per heavy atom. The molecule has 0 fully saturated rings. The van der Waals surface area contributed by atoms with Gasteiger partial charge in [-0.15, -0.1) is 0 Å². The lowest BCUT2D eigenvalue weighted by Crippen LogP contribution is -2.28. The molecule has 3 heterocycles. The third-order valence-electron chi connectivity index (χ3n) is 2.91. The van der Waals surface area contributed by atoms with Crippen LogP contribution in [0.1, 0.15) is 12.1 Å². The number of nitrogens with zero attached hydrogens (tertiary/aromatic N) is 3. The van der Waals surface area contributed by atoms with Crippen LogP contribution in [0.15, 0.2) is 41.8 Å². The third-order valence-corrected chi connectivity index (χ3v) is 3.11. The van der Waals surface area contributed by atoms with Crippen LogP contribution in [0.3, 0.4) is 0 Å². The van der Waals surface area contributed by atoms with Gasteiger partial charge in [0.15, 0.2) is 16.7 Å². The summed E-state index contributed by atoms with van der Waals surface area (Å²) in [6, 6.07) is 6.68. The molecule has 1 aliphatic rings. The van der Waals surface area contributed by atoms with Crippen molar-refractivity contribution in [2.24, 2.45) is 5.10 Å². The van der Waals surface area contributed by atoms with Crippen LogP contribution in [0.25, 0.3) is 0 Å². The van der Waals surface area contributed by atoms with E-state index in [1.807, 2.05) is 6.07 Å². The number of hydrogen-bond donors (Lipinski definition) is 2. The molecule has 0 spiro atoms. The molecule has 2 N–H and O–H groups in total. The van der Waals surface area contributed by atoms with Crippen LogP contribution in [0.4, 0.5) is 10.2 Å². The number of rotatable bonds is 2. The summed E-state index contributed by atoms with van der Waals surface area (Å²) in [7, 11) is 0. The van der Waals surface area contributed by atoms with Crippen LogP contribution >= 0.6 is 12.2 Å². The summed E-state index contributed by atoms with van der Waals surface area (Å²) in [5.41, 5.74) is 3.69. The molecular formula is C14H12FN5OS. The Labute approximate surface area is 131 Å². The predicted octanol–water partition coefficient (Wildman–Crippen LogP) is 2.09. The minimum atomic E-state index is -0.452. The molecule has 3 rings (SSSR count). The first-order valence-electron chi connectivity index (χ1n) is 6.56. The Bertz CT molecular complexity index is 722. The Morgan fingerprint density at radius 1 is 1.27 bits per heavy atom. The molecule has 0 amide bonds. The Hall–Kier alpha value is -2.61. The zero-order valence-corrected chi connectivity index (χ0v) is 12.2. The average Bonchev–Trinajstić information content (AvgIpc) is 2.54. The largest absolute Gasteiger partial charge is 0.488 e. The van der Waals surface area contributed by atoms with Crippen molar-refractivity contribution >= 4 is 28.9 Å². The van der Waals surface area contributed by atoms with E-state index < -0.39 is 5.82 Å². The highest BCUT2D eigenvalue weighted by Gasteiger charge is 2.21. The van der Waals surface area contributed by atoms with Crippen LogP contribution in [-0.2, 0) is 0 Å². The molecule has 22 heavy (non-hydrogen) atoms. The van der Waals surface area contributed by atoms with Crippen LogP contribution in [0.5, 0.6) is 5.75 Å². The molecule has 112 valence electrons. The molecule has 0 aromatic carbocycles. The molecule has 0 unspecified atom stereocenters. The number of aromatic nitrogens is 2. The second-order valence-corrected chi connectivity index (χ2v) is 4.82. The predicted molar refractivity (Wildman–Crippen MR) is 84.4 cm³/mol. The van der Waals surface area contributed by atoms with Crippen LogP contribution < -0.4 is 15.5 Å². The number of hydrogen-bond acceptors (Lipinski definition) is 5. The molecule has 1 aliphatic heterocycles. The van der Waals surface area contributed by atoms with Gasteiger partial charge in [0.1, 0.15) is 11.5 Å². The van der Waals surface area contributed by atoms with Crippen molar-refractivity contribution in [2.45, 2.75) is 6.42 Å². The van der Waals surface area contributed by atoms with Crippen molar-refractivity contribution in [1.82, 2.24) is 15.4 Å². The number of nitrogens with one attached hydrogen (secondary N) is 2. The second-order valence-electron chi connectivity index (χ2n) is 4.41. The van der Waals surface area contributed by atoms with Crippen molar-refractivity contribution in [3.63, 3.8) is 0 Å². The van der Waals surface area contributed by atoms with Crippen LogP contribution in [-0.4, -0.2) is 27.4 Å². The summed E-state index contributed by atoms with van der Waals surface area (Å²) in [5, 5.41) is 7.37. The number of anilines is 1. The van der Waals surface area contributed by atoms with Crippen molar-refractivity contribution < 1.29 is 9.13 Å². The van der Waals surface area contributed by atoms with Gasteiger partial charge in [0.25, 0.3) is 0 Å². The summed E-state index contributed by atoms with van der Waals surface area (Å²) in [5.74, 6) is 0.279. The lowest BCUT2D eigenvalue weighted by atomic mass is 10.1. The fourth-order valence-corrected chi connectivity index (χ4v) is 2.09. The number of thiocarbonyl (C=S) groups is 1. The zero-order valence-electron chi connectivity index (χ0n) is 11.4. The van der Waals surface area contributed by atoms with E-state index in [-0.39, 0.29) is 10.9 Å². The first-order valence-corrected chi connectivity index (χ1v) is 6.97. The van der Waals surface area contributed by atoms with Crippen molar-refractivity contribution in [1.29, 1.82) is 0 Å². The molecule has 8 heteroatoms. The minimum absolute atomic E-state index is 0.123. The Kier molecular flexibility index (Phi) is 4.19. The molecule has 0 saturated carbocycles. The first kappa shape index (κ1) is 14.3. The molecule has 6 nitrogen and oxygen atoms in total. The van der Waals surface area contributed by atoms with Gasteiger partial charge in [-0.1, -0.05) is 6.07 Å². The monoisotopic (exact) mass is 317 g/mol. The highest BCUT2D eigenvalue weighted by atomic mass is 32.1. The number of fused-ring (bicyclic) bond motifs is 1. The summed E-state index contributed by atoms with van der Waals surface area (Å²) in [6.07, 6.45) is 3.55. The standard InChI is InChI=1S/C14H12FN5OS/c15-9-4-7-17-12-10(5-8-21-13(9)12)19-20-14(22)18-11-3-1-2-6-16-11/h1-4,6-7H,5,8H2,(H2,16,18,20,22)/b19-10-. The first-order chi connectivity index (χ1) is 10.7. The van der Waals surface area contributed by atoms with Crippen LogP contribution in [0.2, 0.25) is 0 Å². The molecule has 0 aliphatic carbocycles. The van der Waals surface area contributed by atoms with Gasteiger partial charge >= 0.3 is 0 Å². The van der Waals surface area contributed by atoms with E-state index in [2.05, 4.69) is 25.8 Å². The van der Waals surface area contributed by atoms with Gasteiger partial charge in [-0.05, 0) is 30.4 Å².